The molecule has 9 heteroatoms. The smallest absolute Gasteiger partial charge is 0.268 e. The minimum absolute atomic E-state index is 0.0644. The van der Waals surface area contributed by atoms with E-state index in [1.54, 1.807) is 32.2 Å². The van der Waals surface area contributed by atoms with Crippen molar-refractivity contribution in [2.75, 3.05) is 14.2 Å². The summed E-state index contributed by atoms with van der Waals surface area (Å²) in [5, 5.41) is 0. The Balaban J connectivity index is 2.75. The minimum atomic E-state index is -4.24. The van der Waals surface area contributed by atoms with Gasteiger partial charge >= 0.3 is 0 Å². The van der Waals surface area contributed by atoms with Crippen LogP contribution in [-0.2, 0) is 29.3 Å². The number of para-hydroxylation sites is 1. The third kappa shape index (κ3) is 5.36. The van der Waals surface area contributed by atoms with Gasteiger partial charge < -0.3 is 4.74 Å². The normalized spacial score (nSPS) is 11.2. The summed E-state index contributed by atoms with van der Waals surface area (Å²) in [4.78, 5) is 25.9. The van der Waals surface area contributed by atoms with Crippen LogP contribution in [0.25, 0.3) is 0 Å². The molecule has 8 nitrogen and oxygen atoms in total. The van der Waals surface area contributed by atoms with Crippen molar-refractivity contribution in [1.29, 1.82) is 0 Å². The summed E-state index contributed by atoms with van der Waals surface area (Å²) in [5.41, 5.74) is 8.25. The van der Waals surface area contributed by atoms with E-state index in [0.29, 0.717) is 47.1 Å². The van der Waals surface area contributed by atoms with Crippen molar-refractivity contribution in [3.8, 4) is 5.75 Å². The zero-order chi connectivity index (χ0) is 24.8. The first kappa shape index (κ1) is 26.3. The molecule has 0 aliphatic carbocycles. The molecule has 0 heterocycles. The van der Waals surface area contributed by atoms with Crippen molar-refractivity contribution in [1.82, 2.24) is 15.6 Å². The molecule has 0 aromatic heterocycles. The fourth-order valence-corrected chi connectivity index (χ4v) is 5.81. The van der Waals surface area contributed by atoms with E-state index in [1.165, 1.54) is 13.2 Å². The van der Waals surface area contributed by atoms with Crippen LogP contribution in [-0.4, -0.2) is 34.4 Å². The summed E-state index contributed by atoms with van der Waals surface area (Å²) in [6.07, 6.45) is 2.11. The monoisotopic (exact) mass is 475 g/mol. The van der Waals surface area contributed by atoms with Gasteiger partial charge in [-0.15, -0.1) is 0 Å². The molecule has 2 amide bonds. The largest absolute Gasteiger partial charge is 0.496 e. The van der Waals surface area contributed by atoms with E-state index in [0.717, 1.165) is 6.42 Å². The molecule has 0 spiro atoms. The van der Waals surface area contributed by atoms with Gasteiger partial charge in [-0.1, -0.05) is 39.3 Å². The molecule has 0 atom stereocenters. The molecule has 0 unspecified atom stereocenters. The van der Waals surface area contributed by atoms with Crippen LogP contribution in [0.1, 0.15) is 70.2 Å². The molecule has 0 aliphatic heterocycles. The second-order valence-electron chi connectivity index (χ2n) is 7.56. The van der Waals surface area contributed by atoms with E-state index in [4.69, 9.17) is 4.74 Å². The number of amides is 2. The number of sulfonamides is 1. The van der Waals surface area contributed by atoms with Crippen LogP contribution in [0.2, 0.25) is 0 Å². The number of hydrogen-bond acceptors (Lipinski definition) is 6. The van der Waals surface area contributed by atoms with Gasteiger partial charge in [0.2, 0.25) is 0 Å². The van der Waals surface area contributed by atoms with Gasteiger partial charge in [-0.3, -0.25) is 15.0 Å². The first-order valence-electron chi connectivity index (χ1n) is 11.0. The Kier molecular flexibility index (Phi) is 9.01. The Morgan fingerprint density at radius 1 is 0.970 bits per heavy atom. The Labute approximate surface area is 196 Å². The third-order valence-corrected chi connectivity index (χ3v) is 7.10. The van der Waals surface area contributed by atoms with Crippen molar-refractivity contribution >= 4 is 21.8 Å². The van der Waals surface area contributed by atoms with Gasteiger partial charge in [0.1, 0.15) is 5.75 Å². The number of rotatable bonds is 10. The van der Waals surface area contributed by atoms with Crippen molar-refractivity contribution in [3.05, 3.63) is 57.6 Å². The van der Waals surface area contributed by atoms with E-state index in [-0.39, 0.29) is 22.1 Å². The SMILES string of the molecule is CCCc1c(CC)c(S(=O)(=O)NC(=O)c2ccccc2OC)c(C)c(CC)c1C(=O)NNC. The van der Waals surface area contributed by atoms with Crippen molar-refractivity contribution in [2.45, 2.75) is 58.3 Å². The molecule has 0 saturated heterocycles. The van der Waals surface area contributed by atoms with Crippen LogP contribution < -0.4 is 20.3 Å². The molecule has 0 fully saturated rings. The van der Waals surface area contributed by atoms with Crippen molar-refractivity contribution < 1.29 is 22.7 Å². The van der Waals surface area contributed by atoms with Gasteiger partial charge in [-0.25, -0.2) is 18.6 Å². The van der Waals surface area contributed by atoms with Gasteiger partial charge in [-0.05, 0) is 60.6 Å². The molecule has 3 N–H and O–H groups in total. The van der Waals surface area contributed by atoms with Crippen LogP contribution in [0, 0.1) is 6.92 Å². The van der Waals surface area contributed by atoms with Crippen LogP contribution in [0.5, 0.6) is 5.75 Å². The molecule has 2 aromatic carbocycles. The summed E-state index contributed by atoms with van der Waals surface area (Å²) in [5.74, 6) is -0.809. The average molecular weight is 476 g/mol. The number of hydrazine groups is 1. The minimum Gasteiger partial charge on any atom is -0.496 e. The third-order valence-electron chi connectivity index (χ3n) is 5.56. The molecule has 0 aliphatic rings. The number of carbonyl (C=O) groups excluding carboxylic acids is 2. The lowest BCUT2D eigenvalue weighted by atomic mass is 9.87. The van der Waals surface area contributed by atoms with Gasteiger partial charge in [-0.2, -0.15) is 0 Å². The number of nitrogens with one attached hydrogen (secondary N) is 3. The molecule has 2 rings (SSSR count). The number of ether oxygens (including phenoxy) is 1. The maximum atomic E-state index is 13.6. The zero-order valence-electron chi connectivity index (χ0n) is 20.1. The van der Waals surface area contributed by atoms with Crippen LogP contribution in [0.15, 0.2) is 29.2 Å². The molecule has 180 valence electrons. The predicted molar refractivity (Wildman–Crippen MR) is 128 cm³/mol. The lowest BCUT2D eigenvalue weighted by molar-refractivity contribution is 0.0933. The topological polar surface area (TPSA) is 114 Å². The highest BCUT2D eigenvalue weighted by atomic mass is 32.2. The molecule has 0 bridgehead atoms. The standard InChI is InChI=1S/C24H33N3O5S/c1-7-12-18-17(9-3)22(15(4)16(8-2)21(18)24(29)26-25-5)33(30,31)27-23(28)19-13-10-11-14-20(19)32-6/h10-11,13-14,25H,7-9,12H2,1-6H3,(H,26,29)(H,27,28). The van der Waals surface area contributed by atoms with Gasteiger partial charge in [0, 0.05) is 12.6 Å². The van der Waals surface area contributed by atoms with E-state index in [1.807, 2.05) is 20.8 Å². The highest BCUT2D eigenvalue weighted by Crippen LogP contribution is 2.33. The summed E-state index contributed by atoms with van der Waals surface area (Å²) in [7, 11) is -1.22. The van der Waals surface area contributed by atoms with Crippen LogP contribution in [0.3, 0.4) is 0 Å². The summed E-state index contributed by atoms with van der Waals surface area (Å²) >= 11 is 0. The zero-order valence-corrected chi connectivity index (χ0v) is 20.9. The van der Waals surface area contributed by atoms with E-state index in [9.17, 15) is 18.0 Å². The second kappa shape index (κ2) is 11.3. The summed E-state index contributed by atoms with van der Waals surface area (Å²) < 4.78 is 34.5. The van der Waals surface area contributed by atoms with Gasteiger partial charge in [0.05, 0.1) is 17.6 Å². The molecule has 2 aromatic rings. The first-order chi connectivity index (χ1) is 15.7. The maximum absolute atomic E-state index is 13.6. The van der Waals surface area contributed by atoms with Crippen LogP contribution in [0.4, 0.5) is 0 Å². The predicted octanol–water partition coefficient (Wildman–Crippen LogP) is 3.06. The summed E-state index contributed by atoms with van der Waals surface area (Å²) in [6, 6.07) is 6.43. The highest BCUT2D eigenvalue weighted by Gasteiger charge is 2.31. The van der Waals surface area contributed by atoms with E-state index in [2.05, 4.69) is 15.6 Å². The molecule has 0 radical (unpaired) electrons. The average Bonchev–Trinajstić information content (AvgIpc) is 2.78. The van der Waals surface area contributed by atoms with Gasteiger partial charge in [0.15, 0.2) is 0 Å². The molecular formula is C24H33N3O5S. The fraction of sp³-hybridized carbons (Fsp3) is 0.417. The highest BCUT2D eigenvalue weighted by molar-refractivity contribution is 7.90. The number of hydrogen-bond donors (Lipinski definition) is 3. The Hall–Kier alpha value is -2.91. The quantitative estimate of drug-likeness (QED) is 0.455. The number of carbonyl (C=O) groups is 2. The fourth-order valence-electron chi connectivity index (χ4n) is 4.24. The Morgan fingerprint density at radius 3 is 2.15 bits per heavy atom. The van der Waals surface area contributed by atoms with E-state index >= 15 is 0 Å². The van der Waals surface area contributed by atoms with Crippen molar-refractivity contribution in [2.24, 2.45) is 0 Å². The molecule has 33 heavy (non-hydrogen) atoms. The molecule has 0 saturated carbocycles. The van der Waals surface area contributed by atoms with Crippen molar-refractivity contribution in [3.63, 3.8) is 0 Å². The second-order valence-corrected chi connectivity index (χ2v) is 9.18. The summed E-state index contributed by atoms with van der Waals surface area (Å²) in [6.45, 7) is 7.39. The first-order valence-corrected chi connectivity index (χ1v) is 12.5. The lowest BCUT2D eigenvalue weighted by Gasteiger charge is -2.24. The molecular weight excluding hydrogens is 442 g/mol. The number of methoxy groups -OCH3 is 1. The Bertz CT molecular complexity index is 1140. The van der Waals surface area contributed by atoms with Crippen LogP contribution >= 0.6 is 0 Å². The maximum Gasteiger partial charge on any atom is 0.268 e. The van der Waals surface area contributed by atoms with E-state index < -0.39 is 15.9 Å². The number of benzene rings is 2. The lowest BCUT2D eigenvalue weighted by Crippen LogP contribution is -2.37. The van der Waals surface area contributed by atoms with Gasteiger partial charge in [0.25, 0.3) is 21.8 Å². The Morgan fingerprint density at radius 2 is 1.61 bits per heavy atom.